The Balaban J connectivity index is 1.38. The van der Waals surface area contributed by atoms with Gasteiger partial charge in [-0.1, -0.05) is 12.1 Å². The van der Waals surface area contributed by atoms with Crippen LogP contribution in [0.1, 0.15) is 29.8 Å². The number of carbonyl (C=O) groups excluding carboxylic acids is 1. The van der Waals surface area contributed by atoms with Gasteiger partial charge in [0.15, 0.2) is 5.69 Å². The van der Waals surface area contributed by atoms with Gasteiger partial charge in [-0.2, -0.15) is 5.26 Å². The summed E-state index contributed by atoms with van der Waals surface area (Å²) < 4.78 is 2.79. The smallest absolute Gasteiger partial charge is 0.336 e. The second kappa shape index (κ2) is 7.47. The van der Waals surface area contributed by atoms with Gasteiger partial charge in [0.2, 0.25) is 5.88 Å². The van der Waals surface area contributed by atoms with E-state index >= 15 is 0 Å². The average molecular weight is 463 g/mol. The Hall–Kier alpha value is -5.09. The van der Waals surface area contributed by atoms with Gasteiger partial charge < -0.3 is 15.3 Å². The fraction of sp³-hybridized carbons (Fsp3) is 0.160. The molecule has 2 bridgehead atoms. The molecule has 4 aromatic rings. The zero-order chi connectivity index (χ0) is 24.3. The summed E-state index contributed by atoms with van der Waals surface area (Å²) in [6.45, 7) is 7.38. The summed E-state index contributed by atoms with van der Waals surface area (Å²) in [4.78, 5) is 35.7. The summed E-state index contributed by atoms with van der Waals surface area (Å²) in [5, 5.41) is 24.0. The van der Waals surface area contributed by atoms with Gasteiger partial charge in [-0.25, -0.2) is 19.0 Å². The van der Waals surface area contributed by atoms with Crippen LogP contribution >= 0.6 is 0 Å². The predicted octanol–water partition coefficient (Wildman–Crippen LogP) is 3.85. The van der Waals surface area contributed by atoms with Gasteiger partial charge in [-0.15, -0.1) is 0 Å². The maximum atomic E-state index is 13.4. The molecule has 10 heteroatoms. The lowest BCUT2D eigenvalue weighted by Crippen LogP contribution is -2.40. The molecule has 2 atom stereocenters. The lowest BCUT2D eigenvalue weighted by molar-refractivity contribution is 0.198. The Morgan fingerprint density at radius 1 is 1.23 bits per heavy atom. The first-order valence-corrected chi connectivity index (χ1v) is 10.9. The molecular weight excluding hydrogens is 446 g/mol. The van der Waals surface area contributed by atoms with Crippen molar-refractivity contribution in [1.29, 1.82) is 5.26 Å². The molecule has 0 saturated carbocycles. The molecule has 1 unspecified atom stereocenters. The second-order valence-electron chi connectivity index (χ2n) is 8.49. The summed E-state index contributed by atoms with van der Waals surface area (Å²) in [7, 11) is 0. The molecular formula is C25H17N7O3. The highest BCUT2D eigenvalue weighted by Crippen LogP contribution is 2.49. The van der Waals surface area contributed by atoms with E-state index in [1.807, 2.05) is 0 Å². The molecule has 1 fully saturated rings. The highest BCUT2D eigenvalue weighted by molar-refractivity contribution is 5.92. The molecule has 6 rings (SSSR count). The third-order valence-electron chi connectivity index (χ3n) is 6.67. The number of urea groups is 1. The zero-order valence-corrected chi connectivity index (χ0v) is 18.2. The van der Waals surface area contributed by atoms with Gasteiger partial charge in [-0.3, -0.25) is 9.55 Å². The van der Waals surface area contributed by atoms with Gasteiger partial charge in [0.25, 0.3) is 0 Å². The van der Waals surface area contributed by atoms with Crippen molar-refractivity contribution in [1.82, 2.24) is 19.0 Å². The SMILES string of the molecule is [C-]#[N+]c1ccc(NC(=O)N2C[C@H]3CC2c2c(O)n(-c4ccc(C#N)c5ncccc45)c(=O)n23)cc1. The lowest BCUT2D eigenvalue weighted by atomic mass is 10.1. The van der Waals surface area contributed by atoms with Gasteiger partial charge in [0.1, 0.15) is 11.8 Å². The molecule has 4 heterocycles. The van der Waals surface area contributed by atoms with Crippen LogP contribution in [0.4, 0.5) is 16.2 Å². The summed E-state index contributed by atoms with van der Waals surface area (Å²) in [6.07, 6.45) is 2.11. The van der Waals surface area contributed by atoms with Gasteiger partial charge in [0, 0.05) is 23.8 Å². The summed E-state index contributed by atoms with van der Waals surface area (Å²) in [5.74, 6) is -0.226. The zero-order valence-electron chi connectivity index (χ0n) is 18.2. The Labute approximate surface area is 198 Å². The number of amides is 2. The number of carbonyl (C=O) groups is 1. The number of benzene rings is 2. The maximum absolute atomic E-state index is 13.4. The average Bonchev–Trinajstić information content (AvgIpc) is 3.55. The molecule has 2 N–H and O–H groups in total. The van der Waals surface area contributed by atoms with E-state index in [1.165, 1.54) is 4.57 Å². The van der Waals surface area contributed by atoms with E-state index in [1.54, 1.807) is 64.2 Å². The quantitative estimate of drug-likeness (QED) is 0.438. The number of hydrogen-bond donors (Lipinski definition) is 2. The number of imidazole rings is 1. The van der Waals surface area contributed by atoms with Crippen LogP contribution in [-0.4, -0.2) is 36.7 Å². The van der Waals surface area contributed by atoms with Crippen LogP contribution in [0.25, 0.3) is 21.4 Å². The number of aromatic hydroxyl groups is 1. The monoisotopic (exact) mass is 463 g/mol. The van der Waals surface area contributed by atoms with Crippen LogP contribution in [-0.2, 0) is 0 Å². The van der Waals surface area contributed by atoms with Crippen LogP contribution in [0.3, 0.4) is 0 Å². The van der Waals surface area contributed by atoms with E-state index < -0.39 is 11.7 Å². The van der Waals surface area contributed by atoms with Crippen LogP contribution in [0.5, 0.6) is 5.88 Å². The van der Waals surface area contributed by atoms with Crippen LogP contribution < -0.4 is 11.0 Å². The summed E-state index contributed by atoms with van der Waals surface area (Å²) >= 11 is 0. The van der Waals surface area contributed by atoms with E-state index in [9.17, 15) is 20.0 Å². The number of nitriles is 1. The fourth-order valence-electron chi connectivity index (χ4n) is 5.15. The third kappa shape index (κ3) is 2.90. The molecule has 1 saturated heterocycles. The van der Waals surface area contributed by atoms with Crippen LogP contribution in [0.15, 0.2) is 59.5 Å². The van der Waals surface area contributed by atoms with Crippen molar-refractivity contribution in [3.05, 3.63) is 87.9 Å². The highest BCUT2D eigenvalue weighted by Gasteiger charge is 2.49. The molecule has 2 aliphatic heterocycles. The minimum Gasteiger partial charge on any atom is -0.493 e. The van der Waals surface area contributed by atoms with Crippen molar-refractivity contribution in [2.75, 3.05) is 11.9 Å². The Kier molecular flexibility index (Phi) is 4.38. The van der Waals surface area contributed by atoms with Gasteiger partial charge in [0.05, 0.1) is 35.4 Å². The first-order chi connectivity index (χ1) is 17.0. The van der Waals surface area contributed by atoms with Gasteiger partial charge in [-0.05, 0) is 42.8 Å². The number of fused-ring (bicyclic) bond motifs is 6. The topological polar surface area (TPSA) is 121 Å². The van der Waals surface area contributed by atoms with E-state index in [4.69, 9.17) is 6.57 Å². The van der Waals surface area contributed by atoms with Crippen molar-refractivity contribution >= 4 is 28.3 Å². The van der Waals surface area contributed by atoms with E-state index in [0.29, 0.717) is 52.2 Å². The number of hydrogen-bond acceptors (Lipinski definition) is 5. The number of aromatic nitrogens is 3. The van der Waals surface area contributed by atoms with Crippen molar-refractivity contribution in [3.63, 3.8) is 0 Å². The number of likely N-dealkylation sites (tertiary alicyclic amines) is 1. The number of nitrogens with one attached hydrogen (secondary N) is 1. The molecule has 2 amide bonds. The summed E-state index contributed by atoms with van der Waals surface area (Å²) in [6, 6.07) is 14.3. The normalized spacial score (nSPS) is 17.7. The van der Waals surface area contributed by atoms with E-state index in [-0.39, 0.29) is 18.0 Å². The van der Waals surface area contributed by atoms with Crippen molar-refractivity contribution < 1.29 is 9.90 Å². The Bertz CT molecular complexity index is 1670. The third-order valence-corrected chi connectivity index (χ3v) is 6.67. The number of nitrogens with zero attached hydrogens (tertiary/aromatic N) is 6. The number of pyridine rings is 1. The van der Waals surface area contributed by atoms with Crippen molar-refractivity contribution in [2.24, 2.45) is 0 Å². The van der Waals surface area contributed by atoms with Crippen molar-refractivity contribution in [2.45, 2.75) is 18.5 Å². The summed E-state index contributed by atoms with van der Waals surface area (Å²) in [5.41, 5.74) is 2.27. The molecule has 0 aliphatic carbocycles. The number of anilines is 1. The largest absolute Gasteiger partial charge is 0.493 e. The van der Waals surface area contributed by atoms with E-state index in [0.717, 1.165) is 0 Å². The first kappa shape index (κ1) is 20.5. The molecule has 10 nitrogen and oxygen atoms in total. The first-order valence-electron chi connectivity index (χ1n) is 10.9. The Morgan fingerprint density at radius 3 is 2.77 bits per heavy atom. The minimum absolute atomic E-state index is 0.226. The fourth-order valence-corrected chi connectivity index (χ4v) is 5.15. The predicted molar refractivity (Wildman–Crippen MR) is 127 cm³/mol. The minimum atomic E-state index is -0.459. The molecule has 2 aliphatic rings. The van der Waals surface area contributed by atoms with Crippen molar-refractivity contribution in [3.8, 4) is 17.6 Å². The standard InChI is InChI=1S/C25H17N7O3/c1-27-15-5-7-16(8-6-15)29-24(34)30-13-17-11-20(30)22-23(33)32(25(35)31(17)22)19-9-4-14(12-26)21-18(19)3-2-10-28-21/h2-10,17,20,33H,11,13H2,(H,29,34)/t17-,20?/m1/s1. The molecule has 2 aromatic carbocycles. The molecule has 35 heavy (non-hydrogen) atoms. The molecule has 2 aromatic heterocycles. The van der Waals surface area contributed by atoms with Crippen LogP contribution in [0, 0.1) is 17.9 Å². The molecule has 0 spiro atoms. The molecule has 0 radical (unpaired) electrons. The Morgan fingerprint density at radius 2 is 2.03 bits per heavy atom. The number of rotatable bonds is 2. The maximum Gasteiger partial charge on any atom is 0.336 e. The second-order valence-corrected chi connectivity index (χ2v) is 8.49. The highest BCUT2D eigenvalue weighted by atomic mass is 16.3. The van der Waals surface area contributed by atoms with Gasteiger partial charge >= 0.3 is 11.7 Å². The van der Waals surface area contributed by atoms with E-state index in [2.05, 4.69) is 21.2 Å². The lowest BCUT2D eigenvalue weighted by Gasteiger charge is -2.27. The molecule has 170 valence electrons. The van der Waals surface area contributed by atoms with Crippen LogP contribution in [0.2, 0.25) is 0 Å².